The Morgan fingerprint density at radius 3 is 2.55 bits per heavy atom. The number of amidine groups is 1. The first kappa shape index (κ1) is 32.1. The van der Waals surface area contributed by atoms with Gasteiger partial charge in [-0.2, -0.15) is 0 Å². The van der Waals surface area contributed by atoms with E-state index in [1.54, 1.807) is 13.8 Å². The van der Waals surface area contributed by atoms with Crippen molar-refractivity contribution < 1.29 is 4.39 Å². The molecule has 2 aliphatic rings. The van der Waals surface area contributed by atoms with E-state index in [4.69, 9.17) is 12.2 Å². The van der Waals surface area contributed by atoms with Crippen molar-refractivity contribution in [1.29, 1.82) is 0 Å². The highest BCUT2D eigenvalue weighted by molar-refractivity contribution is 7.80. The number of benzene rings is 2. The lowest BCUT2D eigenvalue weighted by atomic mass is 9.87. The summed E-state index contributed by atoms with van der Waals surface area (Å²) < 4.78 is 14.2. The van der Waals surface area contributed by atoms with Gasteiger partial charge in [0.1, 0.15) is 11.5 Å². The van der Waals surface area contributed by atoms with Crippen LogP contribution in [0.5, 0.6) is 0 Å². The largest absolute Gasteiger partial charge is 0.332 e. The van der Waals surface area contributed by atoms with Gasteiger partial charge in [0, 0.05) is 18.8 Å². The van der Waals surface area contributed by atoms with Gasteiger partial charge in [0.05, 0.1) is 6.54 Å². The van der Waals surface area contributed by atoms with Crippen LogP contribution in [0.25, 0.3) is 5.57 Å². The summed E-state index contributed by atoms with van der Waals surface area (Å²) in [5.41, 5.74) is 8.83. The Balaban J connectivity index is 1.37. The number of allylic oxidation sites excluding steroid dienone is 1. The maximum absolute atomic E-state index is 14.2. The topological polar surface area (TPSA) is 39.7 Å². The van der Waals surface area contributed by atoms with E-state index in [2.05, 4.69) is 98.1 Å². The summed E-state index contributed by atoms with van der Waals surface area (Å²) in [5.74, 6) is 1.39. The quantitative estimate of drug-likeness (QED) is 0.291. The van der Waals surface area contributed by atoms with Crippen LogP contribution in [0.1, 0.15) is 75.8 Å². The normalized spacial score (nSPS) is 17.7. The van der Waals surface area contributed by atoms with Crippen LogP contribution in [-0.4, -0.2) is 47.7 Å². The summed E-state index contributed by atoms with van der Waals surface area (Å²) in [4.78, 5) is 6.87. The van der Waals surface area contributed by atoms with Gasteiger partial charge in [0.15, 0.2) is 5.11 Å². The van der Waals surface area contributed by atoms with E-state index in [0.29, 0.717) is 24.1 Å². The van der Waals surface area contributed by atoms with Gasteiger partial charge in [-0.25, -0.2) is 4.39 Å². The van der Waals surface area contributed by atoms with Crippen molar-refractivity contribution in [3.63, 3.8) is 0 Å². The molecule has 2 heterocycles. The van der Waals surface area contributed by atoms with Crippen molar-refractivity contribution in [1.82, 2.24) is 10.2 Å². The molecular weight excluding hydrogens is 539 g/mol. The van der Waals surface area contributed by atoms with E-state index in [-0.39, 0.29) is 5.41 Å². The zero-order valence-electron chi connectivity index (χ0n) is 26.7. The van der Waals surface area contributed by atoms with Crippen LogP contribution in [0.2, 0.25) is 0 Å². The molecule has 2 N–H and O–H groups in total. The Hall–Kier alpha value is -2.83. The van der Waals surface area contributed by atoms with Gasteiger partial charge in [0.2, 0.25) is 0 Å². The molecule has 0 aromatic heterocycles. The maximum Gasteiger partial charge on any atom is 0.176 e. The molecule has 4 rings (SSSR count). The van der Waals surface area contributed by atoms with Crippen LogP contribution in [-0.2, 0) is 19.3 Å². The van der Waals surface area contributed by atoms with Crippen molar-refractivity contribution in [3.05, 3.63) is 82.4 Å². The molecule has 4 nitrogen and oxygen atoms in total. The molecule has 0 spiro atoms. The number of likely N-dealkylation sites (tertiary alicyclic amines) is 1. The Bertz CT molecular complexity index is 1380. The van der Waals surface area contributed by atoms with Crippen molar-refractivity contribution in [2.45, 2.75) is 79.8 Å². The summed E-state index contributed by atoms with van der Waals surface area (Å²) >= 11 is 5.58. The number of thiocarbonyl (C=S) groups is 1. The third-order valence-corrected chi connectivity index (χ3v) is 8.53. The van der Waals surface area contributed by atoms with Crippen LogP contribution < -0.4 is 10.6 Å². The Kier molecular flexibility index (Phi) is 10.1. The van der Waals surface area contributed by atoms with Crippen LogP contribution in [0.3, 0.4) is 0 Å². The SMILES string of the molecule is C=C(Cc1cccc(NC(=S)NC2=NCC(C(C)(C)C)=C2)c1)c1cc(CC)c(CC2CCN(CC(C)(C)F)C2)cc1C. The number of nitrogens with zero attached hydrogens (tertiary/aromatic N) is 2. The van der Waals surface area contributed by atoms with E-state index in [9.17, 15) is 4.39 Å². The second kappa shape index (κ2) is 13.2. The average molecular weight is 589 g/mol. The number of anilines is 1. The van der Waals surface area contributed by atoms with Crippen LogP contribution in [0, 0.1) is 18.3 Å². The Morgan fingerprint density at radius 1 is 1.12 bits per heavy atom. The lowest BCUT2D eigenvalue weighted by Gasteiger charge is -2.23. The third kappa shape index (κ3) is 8.84. The summed E-state index contributed by atoms with van der Waals surface area (Å²) in [5, 5.41) is 7.09. The smallest absolute Gasteiger partial charge is 0.176 e. The number of hydrogen-bond donors (Lipinski definition) is 2. The van der Waals surface area contributed by atoms with Crippen LogP contribution >= 0.6 is 12.2 Å². The molecule has 0 amide bonds. The first-order chi connectivity index (χ1) is 19.7. The van der Waals surface area contributed by atoms with Crippen LogP contribution in [0.4, 0.5) is 10.1 Å². The predicted octanol–water partition coefficient (Wildman–Crippen LogP) is 8.10. The minimum Gasteiger partial charge on any atom is -0.332 e. The van der Waals surface area contributed by atoms with Gasteiger partial charge in [-0.15, -0.1) is 0 Å². The number of hydrogen-bond acceptors (Lipinski definition) is 3. The Labute approximate surface area is 258 Å². The maximum atomic E-state index is 14.2. The van der Waals surface area contributed by atoms with Crippen molar-refractivity contribution in [2.75, 3.05) is 31.5 Å². The highest BCUT2D eigenvalue weighted by Gasteiger charge is 2.28. The lowest BCUT2D eigenvalue weighted by molar-refractivity contribution is 0.140. The van der Waals surface area contributed by atoms with Gasteiger partial charge in [-0.1, -0.05) is 58.5 Å². The highest BCUT2D eigenvalue weighted by atomic mass is 32.1. The summed E-state index contributed by atoms with van der Waals surface area (Å²) in [6.07, 6.45) is 6.05. The van der Waals surface area contributed by atoms with Gasteiger partial charge in [-0.05, 0) is 134 Å². The number of aryl methyl sites for hydroxylation is 2. The van der Waals surface area contributed by atoms with E-state index in [1.807, 2.05) is 6.07 Å². The van der Waals surface area contributed by atoms with Crippen molar-refractivity contribution in [2.24, 2.45) is 16.3 Å². The molecule has 226 valence electrons. The minimum atomic E-state index is -1.14. The first-order valence-corrected chi connectivity index (χ1v) is 15.8. The number of aliphatic imine (C=N–C) groups is 1. The predicted molar refractivity (Wildman–Crippen MR) is 182 cm³/mol. The third-order valence-electron chi connectivity index (χ3n) is 8.32. The summed E-state index contributed by atoms with van der Waals surface area (Å²) in [6, 6.07) is 13.1. The molecule has 42 heavy (non-hydrogen) atoms. The second-order valence-corrected chi connectivity index (χ2v) is 14.2. The molecule has 2 aliphatic heterocycles. The summed E-state index contributed by atoms with van der Waals surface area (Å²) in [7, 11) is 0. The zero-order chi connectivity index (χ0) is 30.7. The lowest BCUT2D eigenvalue weighted by Crippen LogP contribution is -2.34. The van der Waals surface area contributed by atoms with Crippen molar-refractivity contribution >= 4 is 34.4 Å². The molecule has 1 atom stereocenters. The van der Waals surface area contributed by atoms with Gasteiger partial charge in [-0.3, -0.25) is 9.89 Å². The molecule has 2 aromatic carbocycles. The summed E-state index contributed by atoms with van der Waals surface area (Å²) in [6.45, 7) is 22.1. The first-order valence-electron chi connectivity index (χ1n) is 15.3. The second-order valence-electron chi connectivity index (χ2n) is 13.8. The van der Waals surface area contributed by atoms with Gasteiger partial charge >= 0.3 is 0 Å². The van der Waals surface area contributed by atoms with E-state index < -0.39 is 5.67 Å². The van der Waals surface area contributed by atoms with E-state index in [0.717, 1.165) is 55.9 Å². The monoisotopic (exact) mass is 588 g/mol. The molecular formula is C36H49FN4S. The van der Waals surface area contributed by atoms with Crippen molar-refractivity contribution in [3.8, 4) is 0 Å². The fourth-order valence-electron chi connectivity index (χ4n) is 6.11. The number of rotatable bonds is 9. The zero-order valence-corrected chi connectivity index (χ0v) is 27.5. The van der Waals surface area contributed by atoms with Gasteiger partial charge < -0.3 is 10.6 Å². The van der Waals surface area contributed by atoms with E-state index in [1.165, 1.54) is 33.4 Å². The van der Waals surface area contributed by atoms with Gasteiger partial charge in [0.25, 0.3) is 0 Å². The molecule has 1 saturated heterocycles. The standard InChI is InChI=1S/C36H49FN4S/c1-9-28-19-32(25(3)16-29(28)17-27-13-14-41(22-27)23-36(7,8)37)24(2)15-26-11-10-12-31(18-26)39-34(42)40-33-20-30(21-38-33)35(4,5)6/h10-12,16,18-20,27H,2,9,13-15,17,21-23H2,1,3-8H3,(H2,38,39,40,42). The number of nitrogens with one attached hydrogen (secondary N) is 2. The molecule has 6 heteroatoms. The highest BCUT2D eigenvalue weighted by Crippen LogP contribution is 2.30. The molecule has 1 unspecified atom stereocenters. The fourth-order valence-corrected chi connectivity index (χ4v) is 6.34. The number of alkyl halides is 1. The number of halogens is 1. The average Bonchev–Trinajstić information content (AvgIpc) is 3.52. The minimum absolute atomic E-state index is 0.0989. The molecule has 0 bridgehead atoms. The Morgan fingerprint density at radius 2 is 1.88 bits per heavy atom. The van der Waals surface area contributed by atoms with E-state index >= 15 is 0 Å². The molecule has 1 fully saturated rings. The molecule has 2 aromatic rings. The fraction of sp³-hybridized carbons (Fsp3) is 0.500. The molecule has 0 aliphatic carbocycles. The molecule has 0 saturated carbocycles. The molecule has 0 radical (unpaired) electrons. The van der Waals surface area contributed by atoms with Crippen LogP contribution in [0.15, 0.2) is 59.6 Å².